The molecule has 3 N–H and O–H groups in total. The molecule has 0 bridgehead atoms. The molecule has 0 saturated carbocycles. The van der Waals surface area contributed by atoms with Gasteiger partial charge in [-0.3, -0.25) is 4.79 Å². The summed E-state index contributed by atoms with van der Waals surface area (Å²) in [5.74, 6) is 1.25. The Balaban J connectivity index is 1.86. The Morgan fingerprint density at radius 1 is 1.45 bits per heavy atom. The monoisotopic (exact) mass is 316 g/mol. The number of hydrogen-bond donors (Lipinski definition) is 2. The number of hydrogen-bond acceptors (Lipinski definition) is 4. The first-order valence-corrected chi connectivity index (χ1v) is 8.25. The molecule has 0 unspecified atom stereocenters. The quantitative estimate of drug-likeness (QED) is 0.907. The molecule has 2 aromatic rings. The number of rotatable bonds is 3. The third-order valence-electron chi connectivity index (χ3n) is 4.09. The summed E-state index contributed by atoms with van der Waals surface area (Å²) in [5.41, 5.74) is 8.63. The fourth-order valence-electron chi connectivity index (χ4n) is 2.92. The van der Waals surface area contributed by atoms with Crippen LogP contribution in [-0.2, 0) is 12.8 Å². The first-order valence-electron chi connectivity index (χ1n) is 7.44. The predicted molar refractivity (Wildman–Crippen MR) is 90.9 cm³/mol. The van der Waals surface area contributed by atoms with Gasteiger partial charge in [-0.15, -0.1) is 11.3 Å². The van der Waals surface area contributed by atoms with E-state index in [0.29, 0.717) is 27.9 Å². The van der Waals surface area contributed by atoms with Crippen LogP contribution in [0.15, 0.2) is 24.3 Å². The summed E-state index contributed by atoms with van der Waals surface area (Å²) in [6.45, 7) is 2.24. The zero-order chi connectivity index (χ0) is 15.7. The van der Waals surface area contributed by atoms with E-state index in [1.165, 1.54) is 4.88 Å². The summed E-state index contributed by atoms with van der Waals surface area (Å²) >= 11 is 1.56. The molecule has 3 rings (SSSR count). The lowest BCUT2D eigenvalue weighted by atomic mass is 9.88. The van der Waals surface area contributed by atoms with Gasteiger partial charge in [0, 0.05) is 16.6 Å². The van der Waals surface area contributed by atoms with E-state index < -0.39 is 0 Å². The first kappa shape index (κ1) is 14.9. The number of benzene rings is 1. The Hall–Kier alpha value is -2.01. The summed E-state index contributed by atoms with van der Waals surface area (Å²) < 4.78 is 5.18. The smallest absolute Gasteiger partial charge is 0.258 e. The van der Waals surface area contributed by atoms with Gasteiger partial charge in [0.15, 0.2) is 0 Å². The van der Waals surface area contributed by atoms with Crippen molar-refractivity contribution in [2.45, 2.75) is 26.2 Å². The second-order valence-corrected chi connectivity index (χ2v) is 6.91. The second kappa shape index (κ2) is 6.01. The van der Waals surface area contributed by atoms with E-state index in [2.05, 4.69) is 12.2 Å². The van der Waals surface area contributed by atoms with Crippen molar-refractivity contribution in [1.82, 2.24) is 0 Å². The summed E-state index contributed by atoms with van der Waals surface area (Å²) in [7, 11) is 1.61. The van der Waals surface area contributed by atoms with Gasteiger partial charge in [-0.25, -0.2) is 0 Å². The largest absolute Gasteiger partial charge is 0.497 e. The second-order valence-electron chi connectivity index (χ2n) is 5.78. The number of nitrogens with one attached hydrogen (secondary N) is 1. The van der Waals surface area contributed by atoms with Crippen LogP contribution in [0.5, 0.6) is 5.75 Å². The Kier molecular flexibility index (Phi) is 4.07. The normalized spacial score (nSPS) is 16.9. The van der Waals surface area contributed by atoms with Crippen LogP contribution in [0.3, 0.4) is 0 Å². The third-order valence-corrected chi connectivity index (χ3v) is 5.18. The summed E-state index contributed by atoms with van der Waals surface area (Å²) in [6.07, 6.45) is 3.07. The fraction of sp³-hybridized carbons (Fsp3) is 0.353. The summed E-state index contributed by atoms with van der Waals surface area (Å²) in [4.78, 5) is 13.9. The standard InChI is InChI=1S/C17H20N2O2S/c1-10-6-7-13-14(8-10)22-16(18)15(13)17(20)19-11-4-3-5-12(9-11)21-2/h3-5,9-10H,6-8,18H2,1-2H3,(H,19,20)/t10-/m1/s1. The number of fused-ring (bicyclic) bond motifs is 1. The van der Waals surface area contributed by atoms with Gasteiger partial charge in [0.05, 0.1) is 17.7 Å². The number of nitrogens with two attached hydrogens (primary N) is 1. The first-order chi connectivity index (χ1) is 10.6. The molecular weight excluding hydrogens is 296 g/mol. The number of ether oxygens (including phenoxy) is 1. The van der Waals surface area contributed by atoms with Crippen molar-refractivity contribution in [1.29, 1.82) is 0 Å². The van der Waals surface area contributed by atoms with Crippen LogP contribution < -0.4 is 15.8 Å². The van der Waals surface area contributed by atoms with Gasteiger partial charge in [0.25, 0.3) is 5.91 Å². The van der Waals surface area contributed by atoms with E-state index in [-0.39, 0.29) is 5.91 Å². The Morgan fingerprint density at radius 2 is 2.27 bits per heavy atom. The number of carbonyl (C=O) groups is 1. The number of carbonyl (C=O) groups excluding carboxylic acids is 1. The van der Waals surface area contributed by atoms with Crippen LogP contribution in [0.4, 0.5) is 10.7 Å². The molecule has 1 aromatic carbocycles. The number of methoxy groups -OCH3 is 1. The molecule has 0 saturated heterocycles. The molecule has 0 spiro atoms. The van der Waals surface area contributed by atoms with E-state index in [9.17, 15) is 4.79 Å². The highest BCUT2D eigenvalue weighted by Gasteiger charge is 2.26. The molecule has 5 heteroatoms. The van der Waals surface area contributed by atoms with Crippen molar-refractivity contribution in [2.24, 2.45) is 5.92 Å². The molecule has 1 aliphatic rings. The van der Waals surface area contributed by atoms with Crippen LogP contribution in [0.25, 0.3) is 0 Å². The van der Waals surface area contributed by atoms with Gasteiger partial charge < -0.3 is 15.8 Å². The molecule has 4 nitrogen and oxygen atoms in total. The highest BCUT2D eigenvalue weighted by Crippen LogP contribution is 2.38. The molecule has 22 heavy (non-hydrogen) atoms. The van der Waals surface area contributed by atoms with E-state index in [1.807, 2.05) is 18.2 Å². The average Bonchev–Trinajstić information content (AvgIpc) is 2.82. The minimum atomic E-state index is -0.127. The zero-order valence-corrected chi connectivity index (χ0v) is 13.6. The van der Waals surface area contributed by atoms with Crippen LogP contribution in [0.1, 0.15) is 34.1 Å². The van der Waals surface area contributed by atoms with E-state index >= 15 is 0 Å². The summed E-state index contributed by atoms with van der Waals surface area (Å²) in [5, 5.41) is 3.55. The minimum absolute atomic E-state index is 0.127. The zero-order valence-electron chi connectivity index (χ0n) is 12.8. The number of nitrogen functional groups attached to an aromatic ring is 1. The van der Waals surface area contributed by atoms with Gasteiger partial charge in [0.2, 0.25) is 0 Å². The van der Waals surface area contributed by atoms with Gasteiger partial charge in [-0.05, 0) is 42.9 Å². The number of thiophene rings is 1. The van der Waals surface area contributed by atoms with Crippen molar-refractivity contribution in [3.63, 3.8) is 0 Å². The van der Waals surface area contributed by atoms with Gasteiger partial charge in [-0.2, -0.15) is 0 Å². The van der Waals surface area contributed by atoms with Crippen molar-refractivity contribution < 1.29 is 9.53 Å². The Bertz CT molecular complexity index is 709. The lowest BCUT2D eigenvalue weighted by Crippen LogP contribution is -2.17. The molecule has 1 aliphatic carbocycles. The molecule has 1 heterocycles. The number of amides is 1. The highest BCUT2D eigenvalue weighted by atomic mass is 32.1. The van der Waals surface area contributed by atoms with E-state index in [1.54, 1.807) is 24.5 Å². The van der Waals surface area contributed by atoms with Gasteiger partial charge in [-0.1, -0.05) is 13.0 Å². The molecule has 0 fully saturated rings. The Labute approximate surface area is 134 Å². The topological polar surface area (TPSA) is 64.3 Å². The molecule has 1 aromatic heterocycles. The Morgan fingerprint density at radius 3 is 3.05 bits per heavy atom. The van der Waals surface area contributed by atoms with Crippen molar-refractivity contribution >= 4 is 27.9 Å². The lowest BCUT2D eigenvalue weighted by molar-refractivity contribution is 0.102. The van der Waals surface area contributed by atoms with Gasteiger partial charge in [0.1, 0.15) is 5.75 Å². The van der Waals surface area contributed by atoms with Crippen LogP contribution in [-0.4, -0.2) is 13.0 Å². The van der Waals surface area contributed by atoms with Crippen LogP contribution in [0, 0.1) is 5.92 Å². The summed E-state index contributed by atoms with van der Waals surface area (Å²) in [6, 6.07) is 7.34. The average molecular weight is 316 g/mol. The van der Waals surface area contributed by atoms with Crippen LogP contribution in [0.2, 0.25) is 0 Å². The molecule has 0 radical (unpaired) electrons. The van der Waals surface area contributed by atoms with Crippen molar-refractivity contribution in [3.05, 3.63) is 40.3 Å². The van der Waals surface area contributed by atoms with Gasteiger partial charge >= 0.3 is 0 Å². The molecular formula is C17H20N2O2S. The lowest BCUT2D eigenvalue weighted by Gasteiger charge is -2.18. The maximum absolute atomic E-state index is 12.6. The fourth-order valence-corrected chi connectivity index (χ4v) is 4.19. The van der Waals surface area contributed by atoms with E-state index in [0.717, 1.165) is 24.8 Å². The van der Waals surface area contributed by atoms with Crippen molar-refractivity contribution in [2.75, 3.05) is 18.2 Å². The molecule has 1 atom stereocenters. The minimum Gasteiger partial charge on any atom is -0.497 e. The molecule has 116 valence electrons. The maximum atomic E-state index is 12.6. The SMILES string of the molecule is COc1cccc(NC(=O)c2c(N)sc3c2CC[C@@H](C)C3)c1. The van der Waals surface area contributed by atoms with E-state index in [4.69, 9.17) is 10.5 Å². The highest BCUT2D eigenvalue weighted by molar-refractivity contribution is 7.16. The van der Waals surface area contributed by atoms with Crippen molar-refractivity contribution in [3.8, 4) is 5.75 Å². The maximum Gasteiger partial charge on any atom is 0.258 e. The molecule has 1 amide bonds. The molecule has 0 aliphatic heterocycles. The third kappa shape index (κ3) is 2.81. The number of anilines is 2. The van der Waals surface area contributed by atoms with Crippen LogP contribution >= 0.6 is 11.3 Å². The predicted octanol–water partition coefficient (Wildman–Crippen LogP) is 3.72.